The maximum absolute atomic E-state index is 13.3. The minimum absolute atomic E-state index is 0. The summed E-state index contributed by atoms with van der Waals surface area (Å²) in [5, 5.41) is 9.45. The van der Waals surface area contributed by atoms with Gasteiger partial charge in [0.15, 0.2) is 0 Å². The van der Waals surface area contributed by atoms with E-state index in [1.54, 1.807) is 30.3 Å². The number of carboxylic acids is 1. The maximum atomic E-state index is 13.3. The number of methoxy groups -OCH3 is 2. The summed E-state index contributed by atoms with van der Waals surface area (Å²) in [6.45, 7) is 1.84. The molecule has 0 saturated carbocycles. The number of benzene rings is 3. The molecule has 0 radical (unpaired) electrons. The van der Waals surface area contributed by atoms with Crippen molar-refractivity contribution in [2.45, 2.75) is 27.3 Å². The highest BCUT2D eigenvalue weighted by atomic mass is 16.5. The Morgan fingerprint density at radius 3 is 2.27 bits per heavy atom. The largest absolute Gasteiger partial charge is 0.497 e. The van der Waals surface area contributed by atoms with Crippen molar-refractivity contribution in [2.24, 2.45) is 0 Å². The van der Waals surface area contributed by atoms with Gasteiger partial charge in [-0.25, -0.2) is 4.98 Å². The quantitative estimate of drug-likeness (QED) is 0.243. The number of carbonyl (C=O) groups excluding carboxylic acids is 1. The van der Waals surface area contributed by atoms with E-state index in [2.05, 4.69) is 4.98 Å². The van der Waals surface area contributed by atoms with E-state index < -0.39 is 18.4 Å². The predicted molar refractivity (Wildman–Crippen MR) is 151 cm³/mol. The second-order valence-electron chi connectivity index (χ2n) is 8.79. The first kappa shape index (κ1) is 29.8. The summed E-state index contributed by atoms with van der Waals surface area (Å²) < 4.78 is 22.3. The second kappa shape index (κ2) is 13.8. The van der Waals surface area contributed by atoms with Gasteiger partial charge < -0.3 is 28.6 Å². The van der Waals surface area contributed by atoms with Crippen molar-refractivity contribution in [3.05, 3.63) is 95.4 Å². The van der Waals surface area contributed by atoms with E-state index in [-0.39, 0.29) is 19.5 Å². The monoisotopic (exact) mass is 546 g/mol. The van der Waals surface area contributed by atoms with E-state index in [9.17, 15) is 14.7 Å². The number of hydrogen-bond acceptors (Lipinski definition) is 7. The number of aromatic nitrogens is 1. The number of aliphatic carboxylic acids is 1. The Morgan fingerprint density at radius 2 is 1.62 bits per heavy atom. The molecule has 0 fully saturated rings. The first-order valence-electron chi connectivity index (χ1n) is 12.3. The SMILES string of the molecule is C.COc1cc(OC)cc(C(=O)N(CC(=O)O)Cc2cccc(OCCc3nc(-c4ccccc4)oc3C)c2)c1. The minimum atomic E-state index is -1.12. The van der Waals surface area contributed by atoms with Crippen molar-refractivity contribution in [1.29, 1.82) is 0 Å². The molecule has 1 aromatic heterocycles. The lowest BCUT2D eigenvalue weighted by molar-refractivity contribution is -0.137. The first-order chi connectivity index (χ1) is 18.9. The van der Waals surface area contributed by atoms with Gasteiger partial charge in [-0.3, -0.25) is 9.59 Å². The van der Waals surface area contributed by atoms with Crippen LogP contribution < -0.4 is 14.2 Å². The molecule has 4 aromatic rings. The molecule has 3 aromatic carbocycles. The number of carboxylic acid groups (broad SMARTS) is 1. The number of rotatable bonds is 12. The Labute approximate surface area is 233 Å². The van der Waals surface area contributed by atoms with Crippen LogP contribution in [-0.2, 0) is 17.8 Å². The molecule has 9 nitrogen and oxygen atoms in total. The minimum Gasteiger partial charge on any atom is -0.497 e. The average molecular weight is 547 g/mol. The van der Waals surface area contributed by atoms with Crippen molar-refractivity contribution in [2.75, 3.05) is 27.4 Å². The lowest BCUT2D eigenvalue weighted by Crippen LogP contribution is -2.35. The Hall–Kier alpha value is -4.79. The summed E-state index contributed by atoms with van der Waals surface area (Å²) in [6, 6.07) is 21.7. The fourth-order valence-corrected chi connectivity index (χ4v) is 4.06. The van der Waals surface area contributed by atoms with Crippen LogP contribution in [0.25, 0.3) is 11.5 Å². The third-order valence-electron chi connectivity index (χ3n) is 6.00. The third kappa shape index (κ3) is 7.63. The molecule has 1 amide bonds. The zero-order valence-corrected chi connectivity index (χ0v) is 22.0. The maximum Gasteiger partial charge on any atom is 0.323 e. The van der Waals surface area contributed by atoms with Gasteiger partial charge in [0, 0.05) is 30.2 Å². The molecule has 1 N–H and O–H groups in total. The van der Waals surface area contributed by atoms with Gasteiger partial charge in [0.1, 0.15) is 29.6 Å². The topological polar surface area (TPSA) is 111 Å². The lowest BCUT2D eigenvalue weighted by atomic mass is 10.1. The van der Waals surface area contributed by atoms with Crippen LogP contribution in [0.5, 0.6) is 17.2 Å². The zero-order valence-electron chi connectivity index (χ0n) is 22.0. The predicted octanol–water partition coefficient (Wildman–Crippen LogP) is 5.65. The molecular weight excluding hydrogens is 512 g/mol. The molecule has 0 bridgehead atoms. The summed E-state index contributed by atoms with van der Waals surface area (Å²) in [7, 11) is 2.96. The van der Waals surface area contributed by atoms with Gasteiger partial charge in [-0.05, 0) is 48.9 Å². The molecule has 0 atom stereocenters. The van der Waals surface area contributed by atoms with Crippen molar-refractivity contribution in [3.63, 3.8) is 0 Å². The molecule has 210 valence electrons. The van der Waals surface area contributed by atoms with Crippen LogP contribution in [0.3, 0.4) is 0 Å². The molecule has 9 heteroatoms. The van der Waals surface area contributed by atoms with Crippen LogP contribution in [0.2, 0.25) is 0 Å². The fourth-order valence-electron chi connectivity index (χ4n) is 4.06. The normalized spacial score (nSPS) is 10.4. The number of amides is 1. The molecule has 0 spiro atoms. The lowest BCUT2D eigenvalue weighted by Gasteiger charge is -2.22. The number of oxazole rings is 1. The van der Waals surface area contributed by atoms with E-state index in [4.69, 9.17) is 18.6 Å². The zero-order chi connectivity index (χ0) is 27.8. The number of aryl methyl sites for hydroxylation is 1. The summed E-state index contributed by atoms with van der Waals surface area (Å²) in [5.41, 5.74) is 2.71. The van der Waals surface area contributed by atoms with Crippen LogP contribution in [0.1, 0.15) is 34.8 Å². The van der Waals surface area contributed by atoms with Crippen molar-refractivity contribution in [3.8, 4) is 28.7 Å². The van der Waals surface area contributed by atoms with Gasteiger partial charge in [0.25, 0.3) is 5.91 Å². The summed E-state index contributed by atoms with van der Waals surface area (Å²) >= 11 is 0. The molecule has 0 aliphatic carbocycles. The Morgan fingerprint density at radius 1 is 0.925 bits per heavy atom. The van der Waals surface area contributed by atoms with Gasteiger partial charge in [-0.2, -0.15) is 0 Å². The summed E-state index contributed by atoms with van der Waals surface area (Å²) in [5.74, 6) is 1.19. The van der Waals surface area contributed by atoms with Crippen LogP contribution in [0.4, 0.5) is 0 Å². The molecule has 1 heterocycles. The van der Waals surface area contributed by atoms with Gasteiger partial charge in [0.2, 0.25) is 5.89 Å². The smallest absolute Gasteiger partial charge is 0.323 e. The molecule has 0 saturated heterocycles. The van der Waals surface area contributed by atoms with Crippen molar-refractivity contribution >= 4 is 11.9 Å². The van der Waals surface area contributed by atoms with Gasteiger partial charge in [-0.15, -0.1) is 0 Å². The van der Waals surface area contributed by atoms with Crippen LogP contribution in [0, 0.1) is 6.92 Å². The summed E-state index contributed by atoms with van der Waals surface area (Å²) in [6.07, 6.45) is 0.549. The average Bonchev–Trinajstić information content (AvgIpc) is 3.32. The number of ether oxygens (including phenoxy) is 3. The number of nitrogens with zero attached hydrogens (tertiary/aromatic N) is 2. The molecule has 0 unspecified atom stereocenters. The van der Waals surface area contributed by atoms with E-state index in [1.807, 2.05) is 49.4 Å². The molecule has 4 rings (SSSR count). The number of hydrogen-bond donors (Lipinski definition) is 1. The Balaban J connectivity index is 0.00000441. The number of carbonyl (C=O) groups is 2. The first-order valence-corrected chi connectivity index (χ1v) is 12.3. The van der Waals surface area contributed by atoms with E-state index in [1.165, 1.54) is 19.1 Å². The van der Waals surface area contributed by atoms with E-state index >= 15 is 0 Å². The highest BCUT2D eigenvalue weighted by Crippen LogP contribution is 2.25. The van der Waals surface area contributed by atoms with Crippen LogP contribution >= 0.6 is 0 Å². The third-order valence-corrected chi connectivity index (χ3v) is 6.00. The van der Waals surface area contributed by atoms with E-state index in [0.29, 0.717) is 36.2 Å². The fraction of sp³-hybridized carbons (Fsp3) is 0.258. The van der Waals surface area contributed by atoms with Gasteiger partial charge in [-0.1, -0.05) is 37.8 Å². The molecule has 0 aliphatic rings. The highest BCUT2D eigenvalue weighted by Gasteiger charge is 2.21. The molecule has 0 aliphatic heterocycles. The molecular formula is C31H34N2O7. The van der Waals surface area contributed by atoms with Gasteiger partial charge in [0.05, 0.1) is 26.5 Å². The van der Waals surface area contributed by atoms with Crippen LogP contribution in [-0.4, -0.2) is 54.2 Å². The standard InChI is InChI=1S/C30H30N2O7.CH4/c1-20-27(31-29(39-20)22-9-5-4-6-10-22)12-13-38-24-11-7-8-21(14-24)18-32(19-28(33)34)30(35)23-15-25(36-2)17-26(16-23)37-3;/h4-11,14-17H,12-13,18-19H2,1-3H3,(H,33,34);1H4. The van der Waals surface area contributed by atoms with Gasteiger partial charge >= 0.3 is 5.97 Å². The Kier molecular flexibility index (Phi) is 10.3. The van der Waals surface area contributed by atoms with Crippen LogP contribution in [0.15, 0.2) is 77.2 Å². The van der Waals surface area contributed by atoms with Crippen molar-refractivity contribution in [1.82, 2.24) is 9.88 Å². The second-order valence-corrected chi connectivity index (χ2v) is 8.79. The Bertz CT molecular complexity index is 1410. The summed E-state index contributed by atoms with van der Waals surface area (Å²) in [4.78, 5) is 30.7. The van der Waals surface area contributed by atoms with Crippen molar-refractivity contribution < 1.29 is 33.3 Å². The van der Waals surface area contributed by atoms with E-state index in [0.717, 1.165) is 22.6 Å². The highest BCUT2D eigenvalue weighted by molar-refractivity contribution is 5.96. The molecule has 40 heavy (non-hydrogen) atoms.